The zero-order valence-corrected chi connectivity index (χ0v) is 21.8. The van der Waals surface area contributed by atoms with Gasteiger partial charge in [-0.3, -0.25) is 4.79 Å². The van der Waals surface area contributed by atoms with Crippen LogP contribution in [0.1, 0.15) is 11.1 Å². The Balaban J connectivity index is 1.49. The number of para-hydroxylation sites is 1. The van der Waals surface area contributed by atoms with Crippen molar-refractivity contribution < 1.29 is 4.74 Å². The molecule has 0 amide bonds. The molecule has 5 rings (SSSR count). The normalized spacial score (nSPS) is 11.3. The molecule has 0 bridgehead atoms. The van der Waals surface area contributed by atoms with Crippen molar-refractivity contribution in [3.05, 3.63) is 127 Å². The summed E-state index contributed by atoms with van der Waals surface area (Å²) >= 11 is 16.4. The molecular weight excluding hydrogens is 561 g/mol. The number of benzene rings is 4. The van der Waals surface area contributed by atoms with Crippen LogP contribution in [0.25, 0.3) is 22.3 Å². The minimum atomic E-state index is -0.276. The predicted molar refractivity (Wildman–Crippen MR) is 149 cm³/mol. The number of ether oxygens (including phenoxy) is 1. The molecule has 0 aliphatic heterocycles. The number of fused-ring (bicyclic) bond motifs is 1. The van der Waals surface area contributed by atoms with Crippen molar-refractivity contribution >= 4 is 56.2 Å². The van der Waals surface area contributed by atoms with Gasteiger partial charge >= 0.3 is 0 Å². The van der Waals surface area contributed by atoms with Crippen LogP contribution >= 0.6 is 39.1 Å². The second-order valence-corrected chi connectivity index (χ2v) is 9.64. The van der Waals surface area contributed by atoms with E-state index in [2.05, 4.69) is 21.0 Å². The molecule has 0 N–H and O–H groups in total. The number of hydrogen-bond donors (Lipinski definition) is 0. The zero-order valence-electron chi connectivity index (χ0n) is 18.7. The Labute approximate surface area is 225 Å². The van der Waals surface area contributed by atoms with E-state index in [4.69, 9.17) is 32.9 Å². The monoisotopic (exact) mass is 577 g/mol. The van der Waals surface area contributed by atoms with Gasteiger partial charge in [-0.1, -0.05) is 93.7 Å². The van der Waals surface area contributed by atoms with E-state index in [0.717, 1.165) is 15.6 Å². The maximum Gasteiger partial charge on any atom is 0.282 e. The molecule has 0 atom stereocenters. The Hall–Kier alpha value is -3.45. The number of aromatic nitrogens is 2. The van der Waals surface area contributed by atoms with Crippen molar-refractivity contribution in [3.63, 3.8) is 0 Å². The zero-order chi connectivity index (χ0) is 25.1. The molecule has 1 heterocycles. The molecule has 5 nitrogen and oxygen atoms in total. The van der Waals surface area contributed by atoms with Crippen LogP contribution in [0.3, 0.4) is 0 Å². The van der Waals surface area contributed by atoms with E-state index >= 15 is 0 Å². The average molecular weight is 579 g/mol. The van der Waals surface area contributed by atoms with E-state index in [1.807, 2.05) is 66.7 Å². The average Bonchev–Trinajstić information content (AvgIpc) is 2.89. The van der Waals surface area contributed by atoms with Crippen LogP contribution in [-0.2, 0) is 6.61 Å². The van der Waals surface area contributed by atoms with E-state index in [-0.39, 0.29) is 5.56 Å². The van der Waals surface area contributed by atoms with E-state index in [1.54, 1.807) is 24.3 Å². The van der Waals surface area contributed by atoms with Gasteiger partial charge < -0.3 is 4.74 Å². The molecule has 0 radical (unpaired) electrons. The van der Waals surface area contributed by atoms with Crippen LogP contribution in [0.5, 0.6) is 5.75 Å². The lowest BCUT2D eigenvalue weighted by molar-refractivity contribution is 0.306. The Morgan fingerprint density at radius 3 is 2.31 bits per heavy atom. The number of rotatable bonds is 6. The van der Waals surface area contributed by atoms with Crippen molar-refractivity contribution in [2.45, 2.75) is 6.61 Å². The fourth-order valence-corrected chi connectivity index (χ4v) is 4.53. The summed E-state index contributed by atoms with van der Waals surface area (Å²) < 4.78 is 8.14. The summed E-state index contributed by atoms with van der Waals surface area (Å²) in [5.41, 5.74) is 2.69. The SMILES string of the molecule is O=c1c2ccccc2nc(-c2ccccc2)n1N=Cc1cc(Cl)c(OCc2ccc(Br)cc2)c(Cl)c1. The lowest BCUT2D eigenvalue weighted by Gasteiger charge is -2.11. The van der Waals surface area contributed by atoms with Crippen LogP contribution in [0.2, 0.25) is 10.0 Å². The minimum absolute atomic E-state index is 0.276. The molecule has 36 heavy (non-hydrogen) atoms. The maximum atomic E-state index is 13.3. The van der Waals surface area contributed by atoms with Gasteiger partial charge in [-0.25, -0.2) is 4.98 Å². The highest BCUT2D eigenvalue weighted by Crippen LogP contribution is 2.34. The second-order valence-electron chi connectivity index (χ2n) is 7.91. The van der Waals surface area contributed by atoms with Crippen LogP contribution in [0.4, 0.5) is 0 Å². The summed E-state index contributed by atoms with van der Waals surface area (Å²) in [4.78, 5) is 18.0. The van der Waals surface area contributed by atoms with Crippen molar-refractivity contribution in [1.29, 1.82) is 0 Å². The van der Waals surface area contributed by atoms with Crippen LogP contribution in [0, 0.1) is 0 Å². The second kappa shape index (κ2) is 10.7. The standard InChI is InChI=1S/C28H18BrCl2N3O2/c29-21-12-10-18(11-13-21)17-36-26-23(30)14-19(15-24(26)31)16-32-34-27(20-6-2-1-3-7-20)33-25-9-5-4-8-22(25)28(34)35/h1-16H,17H2. The molecule has 0 unspecified atom stereocenters. The maximum absolute atomic E-state index is 13.3. The van der Waals surface area contributed by atoms with Crippen LogP contribution in [0.15, 0.2) is 105 Å². The van der Waals surface area contributed by atoms with Crippen molar-refractivity contribution in [2.24, 2.45) is 5.10 Å². The Morgan fingerprint density at radius 1 is 0.917 bits per heavy atom. The van der Waals surface area contributed by atoms with Gasteiger partial charge in [0.2, 0.25) is 0 Å². The van der Waals surface area contributed by atoms with Crippen molar-refractivity contribution in [3.8, 4) is 17.1 Å². The lowest BCUT2D eigenvalue weighted by atomic mass is 10.2. The fraction of sp³-hybridized carbons (Fsp3) is 0.0357. The summed E-state index contributed by atoms with van der Waals surface area (Å²) in [5, 5.41) is 5.63. The first-order valence-electron chi connectivity index (χ1n) is 11.0. The summed E-state index contributed by atoms with van der Waals surface area (Å²) in [7, 11) is 0. The molecule has 8 heteroatoms. The molecule has 1 aromatic heterocycles. The summed E-state index contributed by atoms with van der Waals surface area (Å²) in [5.74, 6) is 0.815. The van der Waals surface area contributed by atoms with Crippen LogP contribution < -0.4 is 10.3 Å². The number of halogens is 3. The Bertz CT molecular complexity index is 1610. The largest absolute Gasteiger partial charge is 0.486 e. The molecule has 4 aromatic carbocycles. The van der Waals surface area contributed by atoms with Gasteiger partial charge in [-0.15, -0.1) is 0 Å². The fourth-order valence-electron chi connectivity index (χ4n) is 3.66. The number of hydrogen-bond acceptors (Lipinski definition) is 4. The first kappa shape index (κ1) is 24.3. The van der Waals surface area contributed by atoms with E-state index in [1.165, 1.54) is 10.9 Å². The van der Waals surface area contributed by atoms with E-state index in [9.17, 15) is 4.79 Å². The smallest absolute Gasteiger partial charge is 0.282 e. The molecule has 5 aromatic rings. The molecule has 178 valence electrons. The number of nitrogens with zero attached hydrogens (tertiary/aromatic N) is 3. The highest BCUT2D eigenvalue weighted by molar-refractivity contribution is 9.10. The molecule has 0 spiro atoms. The molecule has 0 aliphatic carbocycles. The summed E-state index contributed by atoms with van der Waals surface area (Å²) in [6, 6.07) is 27.8. The summed E-state index contributed by atoms with van der Waals surface area (Å²) in [6.45, 7) is 0.318. The first-order valence-corrected chi connectivity index (χ1v) is 12.5. The Morgan fingerprint density at radius 2 is 1.58 bits per heavy atom. The van der Waals surface area contributed by atoms with Crippen molar-refractivity contribution in [2.75, 3.05) is 0 Å². The van der Waals surface area contributed by atoms with Gasteiger partial charge in [-0.2, -0.15) is 9.78 Å². The van der Waals surface area contributed by atoms with Gasteiger partial charge in [-0.05, 0) is 47.5 Å². The Kier molecular flexibility index (Phi) is 7.18. The third-order valence-electron chi connectivity index (χ3n) is 5.43. The van der Waals surface area contributed by atoms with Gasteiger partial charge in [0.1, 0.15) is 6.61 Å². The minimum Gasteiger partial charge on any atom is -0.486 e. The predicted octanol–water partition coefficient (Wildman–Crippen LogP) is 7.59. The molecule has 0 saturated carbocycles. The molecular formula is C28H18BrCl2N3O2. The van der Waals surface area contributed by atoms with Crippen molar-refractivity contribution in [1.82, 2.24) is 9.66 Å². The first-order chi connectivity index (χ1) is 17.5. The van der Waals surface area contributed by atoms with Gasteiger partial charge in [0, 0.05) is 10.0 Å². The summed E-state index contributed by atoms with van der Waals surface area (Å²) in [6.07, 6.45) is 1.53. The highest BCUT2D eigenvalue weighted by atomic mass is 79.9. The quantitative estimate of drug-likeness (QED) is 0.195. The highest BCUT2D eigenvalue weighted by Gasteiger charge is 2.13. The molecule has 0 fully saturated rings. The van der Waals surface area contributed by atoms with E-state index in [0.29, 0.717) is 44.7 Å². The topological polar surface area (TPSA) is 56.5 Å². The van der Waals surface area contributed by atoms with Gasteiger partial charge in [0.15, 0.2) is 11.6 Å². The third-order valence-corrected chi connectivity index (χ3v) is 6.52. The third kappa shape index (κ3) is 5.21. The van der Waals surface area contributed by atoms with Gasteiger partial charge in [0.05, 0.1) is 27.2 Å². The van der Waals surface area contributed by atoms with Gasteiger partial charge in [0.25, 0.3) is 5.56 Å². The molecule has 0 aliphatic rings. The molecule has 0 saturated heterocycles. The van der Waals surface area contributed by atoms with Crippen LogP contribution in [-0.4, -0.2) is 15.9 Å². The van der Waals surface area contributed by atoms with E-state index < -0.39 is 0 Å². The lowest BCUT2D eigenvalue weighted by Crippen LogP contribution is -2.20.